The highest BCUT2D eigenvalue weighted by atomic mass is 35.5. The Morgan fingerprint density at radius 2 is 1.53 bits per heavy atom. The Labute approximate surface area is 234 Å². The Kier molecular flexibility index (Phi) is 11.3. The summed E-state index contributed by atoms with van der Waals surface area (Å²) in [5.74, 6) is 0.871. The predicted molar refractivity (Wildman–Crippen MR) is 152 cm³/mol. The van der Waals surface area contributed by atoms with Gasteiger partial charge in [-0.15, -0.1) is 0 Å². The molecule has 0 aliphatic rings. The van der Waals surface area contributed by atoms with E-state index in [1.807, 2.05) is 62.4 Å². The van der Waals surface area contributed by atoms with E-state index in [-0.39, 0.29) is 24.8 Å². The lowest BCUT2D eigenvalue weighted by Crippen LogP contribution is -2.49. The lowest BCUT2D eigenvalue weighted by atomic mass is 10.0. The van der Waals surface area contributed by atoms with Gasteiger partial charge in [0.25, 0.3) is 0 Å². The fourth-order valence-electron chi connectivity index (χ4n) is 4.22. The molecule has 2 amide bonds. The van der Waals surface area contributed by atoms with Crippen LogP contribution in [-0.4, -0.2) is 43.0 Å². The van der Waals surface area contributed by atoms with Crippen molar-refractivity contribution in [1.29, 1.82) is 0 Å². The van der Waals surface area contributed by atoms with Gasteiger partial charge in [-0.3, -0.25) is 9.59 Å². The summed E-state index contributed by atoms with van der Waals surface area (Å²) in [6.45, 7) is 4.97. The SMILES string of the molecule is CCOc1ccc(CCC(=O)N(Cc2c(Cl)cccc2Cl)[C@H](Cc2ccccc2)C(=O)NC)cc1OCC. The molecular weight excluding hydrogens is 523 g/mol. The minimum Gasteiger partial charge on any atom is -0.490 e. The van der Waals surface area contributed by atoms with Crippen LogP contribution in [0.1, 0.15) is 37.0 Å². The zero-order valence-electron chi connectivity index (χ0n) is 22.0. The molecule has 3 aromatic carbocycles. The molecule has 1 N–H and O–H groups in total. The second kappa shape index (κ2) is 14.6. The Morgan fingerprint density at radius 3 is 2.16 bits per heavy atom. The second-order valence-electron chi connectivity index (χ2n) is 8.69. The van der Waals surface area contributed by atoms with Crippen LogP contribution in [0, 0.1) is 0 Å². The summed E-state index contributed by atoms with van der Waals surface area (Å²) in [5, 5.41) is 3.61. The number of aryl methyl sites for hydroxylation is 1. The normalized spacial score (nSPS) is 11.5. The standard InChI is InChI=1S/C30H34Cl2N2O4/c1-4-37-27-16-14-22(19-28(27)38-5-2)15-17-29(35)34(20-23-24(31)12-9-13-25(23)32)26(30(36)33-3)18-21-10-7-6-8-11-21/h6-14,16,19,26H,4-5,15,17-18,20H2,1-3H3,(H,33,36)/t26-/m1/s1. The number of carbonyl (C=O) groups is 2. The van der Waals surface area contributed by atoms with Crippen LogP contribution < -0.4 is 14.8 Å². The number of likely N-dealkylation sites (N-methyl/N-ethyl adjacent to an activating group) is 1. The lowest BCUT2D eigenvalue weighted by molar-refractivity contribution is -0.141. The predicted octanol–water partition coefficient (Wildman–Crippen LogP) is 6.11. The van der Waals surface area contributed by atoms with Crippen molar-refractivity contribution < 1.29 is 19.1 Å². The largest absolute Gasteiger partial charge is 0.490 e. The third-order valence-corrected chi connectivity index (χ3v) is 6.85. The zero-order chi connectivity index (χ0) is 27.5. The third kappa shape index (κ3) is 7.89. The first-order valence-corrected chi connectivity index (χ1v) is 13.5. The van der Waals surface area contributed by atoms with Gasteiger partial charge in [-0.05, 0) is 55.7 Å². The molecule has 0 fully saturated rings. The molecule has 202 valence electrons. The van der Waals surface area contributed by atoms with Crippen molar-refractivity contribution in [3.8, 4) is 11.5 Å². The van der Waals surface area contributed by atoms with Crippen molar-refractivity contribution in [2.24, 2.45) is 0 Å². The molecule has 0 radical (unpaired) electrons. The maximum atomic E-state index is 13.8. The Balaban J connectivity index is 1.90. The molecule has 8 heteroatoms. The fourth-order valence-corrected chi connectivity index (χ4v) is 4.74. The number of ether oxygens (including phenoxy) is 2. The van der Waals surface area contributed by atoms with E-state index < -0.39 is 6.04 Å². The first-order chi connectivity index (χ1) is 18.4. The lowest BCUT2D eigenvalue weighted by Gasteiger charge is -2.32. The van der Waals surface area contributed by atoms with Gasteiger partial charge in [-0.25, -0.2) is 0 Å². The molecule has 0 bridgehead atoms. The van der Waals surface area contributed by atoms with Crippen LogP contribution in [0.4, 0.5) is 0 Å². The van der Waals surface area contributed by atoms with Gasteiger partial charge in [0.1, 0.15) is 6.04 Å². The minimum absolute atomic E-state index is 0.107. The quantitative estimate of drug-likeness (QED) is 0.276. The number of hydrogen-bond acceptors (Lipinski definition) is 4. The van der Waals surface area contributed by atoms with Gasteiger partial charge in [-0.2, -0.15) is 0 Å². The molecule has 0 aliphatic carbocycles. The van der Waals surface area contributed by atoms with E-state index in [1.165, 1.54) is 0 Å². The molecule has 0 heterocycles. The van der Waals surface area contributed by atoms with Crippen LogP contribution in [0.25, 0.3) is 0 Å². The average molecular weight is 558 g/mol. The van der Waals surface area contributed by atoms with Crippen molar-refractivity contribution in [2.75, 3.05) is 20.3 Å². The Bertz CT molecular complexity index is 1200. The fraction of sp³-hybridized carbons (Fsp3) is 0.333. The van der Waals surface area contributed by atoms with Crippen LogP contribution >= 0.6 is 23.2 Å². The number of nitrogens with one attached hydrogen (secondary N) is 1. The summed E-state index contributed by atoms with van der Waals surface area (Å²) in [4.78, 5) is 28.5. The third-order valence-electron chi connectivity index (χ3n) is 6.14. The van der Waals surface area contributed by atoms with Crippen molar-refractivity contribution in [3.63, 3.8) is 0 Å². The molecule has 0 spiro atoms. The summed E-state index contributed by atoms with van der Waals surface area (Å²) in [6, 6.07) is 19.8. The van der Waals surface area contributed by atoms with E-state index in [0.29, 0.717) is 53.2 Å². The zero-order valence-corrected chi connectivity index (χ0v) is 23.5. The Morgan fingerprint density at radius 1 is 0.868 bits per heavy atom. The minimum atomic E-state index is -0.749. The molecule has 3 aromatic rings. The highest BCUT2D eigenvalue weighted by Gasteiger charge is 2.30. The highest BCUT2D eigenvalue weighted by molar-refractivity contribution is 6.36. The number of nitrogens with zero attached hydrogens (tertiary/aromatic N) is 1. The molecule has 0 aromatic heterocycles. The summed E-state index contributed by atoms with van der Waals surface area (Å²) in [5.41, 5.74) is 2.48. The maximum absolute atomic E-state index is 13.8. The topological polar surface area (TPSA) is 67.9 Å². The van der Waals surface area contributed by atoms with Crippen LogP contribution in [-0.2, 0) is 29.0 Å². The van der Waals surface area contributed by atoms with Gasteiger partial charge in [-0.1, -0.05) is 65.7 Å². The van der Waals surface area contributed by atoms with E-state index in [2.05, 4.69) is 5.32 Å². The van der Waals surface area contributed by atoms with Gasteiger partial charge in [0, 0.05) is 42.0 Å². The van der Waals surface area contributed by atoms with E-state index >= 15 is 0 Å². The monoisotopic (exact) mass is 556 g/mol. The van der Waals surface area contributed by atoms with Crippen LogP contribution in [0.3, 0.4) is 0 Å². The average Bonchev–Trinajstić information content (AvgIpc) is 2.92. The molecule has 3 rings (SSSR count). The van der Waals surface area contributed by atoms with Crippen LogP contribution in [0.15, 0.2) is 66.7 Å². The van der Waals surface area contributed by atoms with Crippen molar-refractivity contribution in [3.05, 3.63) is 93.5 Å². The Hall–Kier alpha value is -3.22. The molecule has 38 heavy (non-hydrogen) atoms. The van der Waals surface area contributed by atoms with Gasteiger partial charge >= 0.3 is 0 Å². The van der Waals surface area contributed by atoms with E-state index in [1.54, 1.807) is 30.1 Å². The molecule has 0 saturated heterocycles. The molecule has 0 aliphatic heterocycles. The van der Waals surface area contributed by atoms with Gasteiger partial charge in [0.2, 0.25) is 11.8 Å². The first kappa shape index (κ1) is 29.3. The number of halogens is 2. The van der Waals surface area contributed by atoms with Gasteiger partial charge in [0.15, 0.2) is 11.5 Å². The molecule has 6 nitrogen and oxygen atoms in total. The number of carbonyl (C=O) groups excluding carboxylic acids is 2. The number of benzene rings is 3. The second-order valence-corrected chi connectivity index (χ2v) is 9.50. The molecule has 0 saturated carbocycles. The summed E-state index contributed by atoms with van der Waals surface area (Å²) < 4.78 is 11.4. The van der Waals surface area contributed by atoms with E-state index in [4.69, 9.17) is 32.7 Å². The molecular formula is C30H34Cl2N2O4. The molecule has 0 unspecified atom stereocenters. The van der Waals surface area contributed by atoms with Gasteiger partial charge < -0.3 is 19.7 Å². The number of hydrogen-bond donors (Lipinski definition) is 1. The summed E-state index contributed by atoms with van der Waals surface area (Å²) in [7, 11) is 1.57. The summed E-state index contributed by atoms with van der Waals surface area (Å²) >= 11 is 12.9. The van der Waals surface area contributed by atoms with Crippen LogP contribution in [0.5, 0.6) is 11.5 Å². The van der Waals surface area contributed by atoms with E-state index in [9.17, 15) is 9.59 Å². The van der Waals surface area contributed by atoms with Crippen LogP contribution in [0.2, 0.25) is 10.0 Å². The number of rotatable bonds is 13. The summed E-state index contributed by atoms with van der Waals surface area (Å²) in [6.07, 6.45) is 1.000. The van der Waals surface area contributed by atoms with Crippen molar-refractivity contribution >= 4 is 35.0 Å². The number of amides is 2. The van der Waals surface area contributed by atoms with Crippen molar-refractivity contribution in [1.82, 2.24) is 10.2 Å². The molecule has 1 atom stereocenters. The smallest absolute Gasteiger partial charge is 0.242 e. The van der Waals surface area contributed by atoms with E-state index in [0.717, 1.165) is 11.1 Å². The van der Waals surface area contributed by atoms with Gasteiger partial charge in [0.05, 0.1) is 13.2 Å². The highest BCUT2D eigenvalue weighted by Crippen LogP contribution is 2.30. The first-order valence-electron chi connectivity index (χ1n) is 12.7. The maximum Gasteiger partial charge on any atom is 0.242 e. The van der Waals surface area contributed by atoms with Crippen molar-refractivity contribution in [2.45, 2.75) is 45.7 Å².